The summed E-state index contributed by atoms with van der Waals surface area (Å²) in [6.07, 6.45) is 0. The second kappa shape index (κ2) is 7.90. The molecule has 0 atom stereocenters. The molecule has 2 aromatic rings. The molecule has 1 aliphatic rings. The molecule has 0 radical (unpaired) electrons. The van der Waals surface area contributed by atoms with E-state index in [2.05, 4.69) is 10.6 Å². The molecule has 1 heterocycles. The molecule has 0 saturated heterocycles. The molecule has 1 aliphatic heterocycles. The van der Waals surface area contributed by atoms with Crippen LogP contribution in [0.25, 0.3) is 0 Å². The van der Waals surface area contributed by atoms with Crippen molar-refractivity contribution in [2.45, 2.75) is 6.54 Å². The van der Waals surface area contributed by atoms with Crippen LogP contribution in [0.5, 0.6) is 11.5 Å². The fourth-order valence-corrected chi connectivity index (χ4v) is 2.45. The lowest BCUT2D eigenvalue weighted by molar-refractivity contribution is -0.120. The average molecular weight is 361 g/mol. The lowest BCUT2D eigenvalue weighted by Crippen LogP contribution is -2.36. The fraction of sp³-hybridized carbons (Fsp3) is 0.222. The van der Waals surface area contributed by atoms with E-state index in [-0.39, 0.29) is 18.4 Å². The summed E-state index contributed by atoms with van der Waals surface area (Å²) in [5.41, 5.74) is 1.34. The highest BCUT2D eigenvalue weighted by Gasteiger charge is 2.12. The van der Waals surface area contributed by atoms with Crippen molar-refractivity contribution in [3.05, 3.63) is 58.6 Å². The Morgan fingerprint density at radius 3 is 2.44 bits per heavy atom. The van der Waals surface area contributed by atoms with E-state index in [4.69, 9.17) is 21.1 Å². The molecule has 3 rings (SSSR count). The Morgan fingerprint density at radius 1 is 0.960 bits per heavy atom. The molecule has 2 amide bonds. The molecule has 7 heteroatoms. The van der Waals surface area contributed by atoms with Crippen LogP contribution in [-0.2, 0) is 11.3 Å². The number of carbonyl (C=O) groups excluding carboxylic acids is 2. The third-order valence-electron chi connectivity index (χ3n) is 3.61. The van der Waals surface area contributed by atoms with Crippen LogP contribution in [0.1, 0.15) is 15.9 Å². The molecular formula is C18H17ClN2O4. The lowest BCUT2D eigenvalue weighted by Gasteiger charge is -2.19. The molecule has 0 fully saturated rings. The van der Waals surface area contributed by atoms with Crippen LogP contribution in [0.15, 0.2) is 42.5 Å². The maximum Gasteiger partial charge on any atom is 0.251 e. The van der Waals surface area contributed by atoms with E-state index >= 15 is 0 Å². The Kier molecular flexibility index (Phi) is 5.40. The highest BCUT2D eigenvalue weighted by atomic mass is 35.5. The second-order valence-electron chi connectivity index (χ2n) is 5.44. The van der Waals surface area contributed by atoms with Gasteiger partial charge in [-0.15, -0.1) is 0 Å². The molecule has 6 nitrogen and oxygen atoms in total. The molecule has 2 aromatic carbocycles. The van der Waals surface area contributed by atoms with Crippen molar-refractivity contribution in [2.75, 3.05) is 19.8 Å². The molecule has 0 unspecified atom stereocenters. The minimum absolute atomic E-state index is 0.105. The van der Waals surface area contributed by atoms with Crippen LogP contribution >= 0.6 is 11.6 Å². The van der Waals surface area contributed by atoms with Crippen LogP contribution in [0.4, 0.5) is 0 Å². The van der Waals surface area contributed by atoms with Crippen molar-refractivity contribution in [1.82, 2.24) is 10.6 Å². The molecule has 130 valence electrons. The Balaban J connectivity index is 1.46. The zero-order chi connectivity index (χ0) is 17.6. The van der Waals surface area contributed by atoms with Gasteiger partial charge >= 0.3 is 0 Å². The molecule has 0 spiro atoms. The minimum Gasteiger partial charge on any atom is -0.486 e. The number of rotatable bonds is 5. The predicted octanol–water partition coefficient (Wildman–Crippen LogP) is 2.16. The summed E-state index contributed by atoms with van der Waals surface area (Å²) in [5.74, 6) is 0.772. The molecule has 0 aliphatic carbocycles. The third kappa shape index (κ3) is 4.64. The number of halogens is 1. The summed E-state index contributed by atoms with van der Waals surface area (Å²) in [5, 5.41) is 5.87. The van der Waals surface area contributed by atoms with Gasteiger partial charge in [-0.25, -0.2) is 0 Å². The van der Waals surface area contributed by atoms with Crippen molar-refractivity contribution >= 4 is 23.4 Å². The van der Waals surface area contributed by atoms with Gasteiger partial charge in [0.15, 0.2) is 11.5 Å². The number of ether oxygens (including phenoxy) is 2. The van der Waals surface area contributed by atoms with Crippen molar-refractivity contribution in [3.8, 4) is 11.5 Å². The van der Waals surface area contributed by atoms with Gasteiger partial charge in [0.25, 0.3) is 5.91 Å². The zero-order valence-corrected chi connectivity index (χ0v) is 14.1. The van der Waals surface area contributed by atoms with Gasteiger partial charge in [-0.2, -0.15) is 0 Å². The number of benzene rings is 2. The van der Waals surface area contributed by atoms with Gasteiger partial charge in [0, 0.05) is 17.1 Å². The Hall–Kier alpha value is -2.73. The summed E-state index contributed by atoms with van der Waals surface area (Å²) in [6, 6.07) is 12.0. The Labute approximate surface area is 150 Å². The van der Waals surface area contributed by atoms with Crippen molar-refractivity contribution in [2.24, 2.45) is 0 Å². The number of hydrogen-bond donors (Lipinski definition) is 2. The fourth-order valence-electron chi connectivity index (χ4n) is 2.32. The van der Waals surface area contributed by atoms with Crippen LogP contribution in [-0.4, -0.2) is 31.6 Å². The topological polar surface area (TPSA) is 76.7 Å². The first-order valence-electron chi connectivity index (χ1n) is 7.81. The minimum atomic E-state index is -0.328. The van der Waals surface area contributed by atoms with Crippen LogP contribution in [0.2, 0.25) is 5.02 Å². The SMILES string of the molecule is O=C(CNC(=O)c1ccc(Cl)cc1)NCc1ccc2c(c1)OCCO2. The standard InChI is InChI=1S/C18H17ClN2O4/c19-14-4-2-13(3-5-14)18(23)21-11-17(22)20-10-12-1-6-15-16(9-12)25-8-7-24-15/h1-6,9H,7-8,10-11H2,(H,20,22)(H,21,23). The number of hydrogen-bond acceptors (Lipinski definition) is 4. The molecule has 0 aromatic heterocycles. The summed E-state index contributed by atoms with van der Waals surface area (Å²) >= 11 is 5.78. The third-order valence-corrected chi connectivity index (χ3v) is 3.86. The quantitative estimate of drug-likeness (QED) is 0.856. The number of carbonyl (C=O) groups is 2. The average Bonchev–Trinajstić information content (AvgIpc) is 2.65. The Bertz CT molecular complexity index is 777. The lowest BCUT2D eigenvalue weighted by atomic mass is 10.2. The first-order valence-corrected chi connectivity index (χ1v) is 8.18. The van der Waals surface area contributed by atoms with Crippen LogP contribution < -0.4 is 20.1 Å². The van der Waals surface area contributed by atoms with E-state index in [0.717, 1.165) is 5.56 Å². The molecular weight excluding hydrogens is 344 g/mol. The molecule has 0 saturated carbocycles. The van der Waals surface area contributed by atoms with Crippen LogP contribution in [0.3, 0.4) is 0 Å². The van der Waals surface area contributed by atoms with Gasteiger partial charge in [0.2, 0.25) is 5.91 Å². The highest BCUT2D eigenvalue weighted by Crippen LogP contribution is 2.30. The van der Waals surface area contributed by atoms with Crippen molar-refractivity contribution < 1.29 is 19.1 Å². The van der Waals surface area contributed by atoms with E-state index in [9.17, 15) is 9.59 Å². The van der Waals surface area contributed by atoms with Gasteiger partial charge in [-0.1, -0.05) is 17.7 Å². The number of nitrogens with one attached hydrogen (secondary N) is 2. The molecule has 0 bridgehead atoms. The first-order chi connectivity index (χ1) is 12.1. The van der Waals surface area contributed by atoms with Gasteiger partial charge in [-0.3, -0.25) is 9.59 Å². The molecule has 2 N–H and O–H groups in total. The Morgan fingerprint density at radius 2 is 1.68 bits per heavy atom. The van der Waals surface area contributed by atoms with Gasteiger partial charge in [0.1, 0.15) is 13.2 Å². The monoisotopic (exact) mass is 360 g/mol. The van der Waals surface area contributed by atoms with Crippen molar-refractivity contribution in [1.29, 1.82) is 0 Å². The zero-order valence-electron chi connectivity index (χ0n) is 13.4. The maximum atomic E-state index is 11.9. The van der Waals surface area contributed by atoms with Crippen molar-refractivity contribution in [3.63, 3.8) is 0 Å². The number of fused-ring (bicyclic) bond motifs is 1. The maximum absolute atomic E-state index is 11.9. The van der Waals surface area contributed by atoms with Gasteiger partial charge in [0.05, 0.1) is 6.54 Å². The van der Waals surface area contributed by atoms with E-state index in [1.54, 1.807) is 24.3 Å². The van der Waals surface area contributed by atoms with E-state index in [1.165, 1.54) is 0 Å². The second-order valence-corrected chi connectivity index (χ2v) is 5.88. The summed E-state index contributed by atoms with van der Waals surface area (Å²) in [7, 11) is 0. The van der Waals surface area contributed by atoms with E-state index in [0.29, 0.717) is 41.8 Å². The smallest absolute Gasteiger partial charge is 0.251 e. The predicted molar refractivity (Wildman–Crippen MR) is 93.1 cm³/mol. The van der Waals surface area contributed by atoms with Gasteiger partial charge < -0.3 is 20.1 Å². The van der Waals surface area contributed by atoms with Gasteiger partial charge in [-0.05, 0) is 42.0 Å². The highest BCUT2D eigenvalue weighted by molar-refractivity contribution is 6.30. The van der Waals surface area contributed by atoms with E-state index in [1.807, 2.05) is 18.2 Å². The normalized spacial score (nSPS) is 12.4. The van der Waals surface area contributed by atoms with E-state index < -0.39 is 0 Å². The summed E-state index contributed by atoms with van der Waals surface area (Å²) < 4.78 is 11.0. The summed E-state index contributed by atoms with van der Waals surface area (Å²) in [6.45, 7) is 1.29. The number of amides is 2. The van der Waals surface area contributed by atoms with Crippen LogP contribution in [0, 0.1) is 0 Å². The molecule has 25 heavy (non-hydrogen) atoms. The first kappa shape index (κ1) is 17.1. The summed E-state index contributed by atoms with van der Waals surface area (Å²) in [4.78, 5) is 23.8. The largest absolute Gasteiger partial charge is 0.486 e.